The summed E-state index contributed by atoms with van der Waals surface area (Å²) in [7, 11) is 1.79. The molecule has 1 aromatic carbocycles. The average Bonchev–Trinajstić information content (AvgIpc) is 2.34. The number of rotatable bonds is 3. The van der Waals surface area contributed by atoms with Crippen LogP contribution in [0.1, 0.15) is 16.8 Å². The van der Waals surface area contributed by atoms with Gasteiger partial charge in [-0.15, -0.1) is 0 Å². The van der Waals surface area contributed by atoms with Crippen molar-refractivity contribution in [1.29, 1.82) is 0 Å². The van der Waals surface area contributed by atoms with E-state index >= 15 is 0 Å². The van der Waals surface area contributed by atoms with Crippen molar-refractivity contribution in [2.75, 3.05) is 12.4 Å². The Balaban J connectivity index is 2.34. The van der Waals surface area contributed by atoms with Gasteiger partial charge in [0.05, 0.1) is 0 Å². The Morgan fingerprint density at radius 2 is 1.89 bits per heavy atom. The lowest BCUT2D eigenvalue weighted by atomic mass is 10.1. The Bertz CT molecular complexity index is 567. The van der Waals surface area contributed by atoms with Crippen LogP contribution in [-0.2, 0) is 0 Å². The van der Waals surface area contributed by atoms with Crippen LogP contribution < -0.4 is 10.1 Å². The molecule has 0 fully saturated rings. The Morgan fingerprint density at radius 1 is 1.11 bits per heavy atom. The van der Waals surface area contributed by atoms with E-state index in [0.717, 1.165) is 17.0 Å². The predicted molar refractivity (Wildman–Crippen MR) is 72.3 cm³/mol. The maximum absolute atomic E-state index is 5.82. The van der Waals surface area contributed by atoms with Crippen LogP contribution in [0.5, 0.6) is 11.6 Å². The number of hydrogen-bond donors (Lipinski definition) is 1. The van der Waals surface area contributed by atoms with Crippen molar-refractivity contribution in [3.8, 4) is 11.6 Å². The van der Waals surface area contributed by atoms with Crippen molar-refractivity contribution < 1.29 is 4.74 Å². The van der Waals surface area contributed by atoms with E-state index in [1.54, 1.807) is 7.05 Å². The lowest BCUT2D eigenvalue weighted by molar-refractivity contribution is 0.458. The molecule has 1 aromatic heterocycles. The average molecular weight is 243 g/mol. The molecule has 0 amide bonds. The molecule has 4 heteroatoms. The topological polar surface area (TPSA) is 47.0 Å². The summed E-state index contributed by atoms with van der Waals surface area (Å²) >= 11 is 0. The highest BCUT2D eigenvalue weighted by Crippen LogP contribution is 2.26. The molecule has 2 aromatic rings. The molecule has 1 heterocycles. The first-order valence-electron chi connectivity index (χ1n) is 5.87. The Hall–Kier alpha value is -2.10. The maximum Gasteiger partial charge on any atom is 0.225 e. The monoisotopic (exact) mass is 243 g/mol. The van der Waals surface area contributed by atoms with Gasteiger partial charge in [0.15, 0.2) is 0 Å². The lowest BCUT2D eigenvalue weighted by Gasteiger charge is -2.10. The van der Waals surface area contributed by atoms with Crippen LogP contribution in [0.2, 0.25) is 0 Å². The third kappa shape index (κ3) is 2.59. The van der Waals surface area contributed by atoms with Crippen molar-refractivity contribution in [2.45, 2.75) is 20.8 Å². The van der Waals surface area contributed by atoms with Crippen LogP contribution in [0.25, 0.3) is 0 Å². The Morgan fingerprint density at radius 3 is 2.61 bits per heavy atom. The van der Waals surface area contributed by atoms with Crippen LogP contribution in [0.15, 0.2) is 24.3 Å². The van der Waals surface area contributed by atoms with E-state index in [1.165, 1.54) is 5.56 Å². The minimum atomic E-state index is 0.556. The summed E-state index contributed by atoms with van der Waals surface area (Å²) in [5.74, 6) is 1.95. The van der Waals surface area contributed by atoms with E-state index < -0.39 is 0 Å². The van der Waals surface area contributed by atoms with Crippen LogP contribution in [0, 0.1) is 20.8 Å². The highest BCUT2D eigenvalue weighted by Gasteiger charge is 2.06. The Kier molecular flexibility index (Phi) is 3.46. The molecule has 0 unspecified atom stereocenters. The van der Waals surface area contributed by atoms with Gasteiger partial charge in [0, 0.05) is 18.8 Å². The van der Waals surface area contributed by atoms with Crippen molar-refractivity contribution in [1.82, 2.24) is 9.97 Å². The van der Waals surface area contributed by atoms with Crippen molar-refractivity contribution in [2.24, 2.45) is 0 Å². The standard InChI is InChI=1S/C14H17N3O/c1-9-6-5-7-12(11(9)3)18-13-8-10(2)16-14(15-4)17-13/h5-8H,1-4H3,(H,15,16,17). The summed E-state index contributed by atoms with van der Waals surface area (Å²) in [4.78, 5) is 8.51. The van der Waals surface area contributed by atoms with Gasteiger partial charge in [-0.2, -0.15) is 4.98 Å². The van der Waals surface area contributed by atoms with Crippen molar-refractivity contribution >= 4 is 5.95 Å². The number of anilines is 1. The van der Waals surface area contributed by atoms with E-state index in [2.05, 4.69) is 28.3 Å². The molecule has 94 valence electrons. The highest BCUT2D eigenvalue weighted by molar-refractivity contribution is 5.41. The summed E-state index contributed by atoms with van der Waals surface area (Å²) in [5.41, 5.74) is 3.20. The number of hydrogen-bond acceptors (Lipinski definition) is 4. The highest BCUT2D eigenvalue weighted by atomic mass is 16.5. The van der Waals surface area contributed by atoms with Gasteiger partial charge >= 0.3 is 0 Å². The minimum absolute atomic E-state index is 0.556. The van der Waals surface area contributed by atoms with Crippen molar-refractivity contribution in [3.05, 3.63) is 41.1 Å². The van der Waals surface area contributed by atoms with Crippen molar-refractivity contribution in [3.63, 3.8) is 0 Å². The zero-order valence-corrected chi connectivity index (χ0v) is 11.1. The summed E-state index contributed by atoms with van der Waals surface area (Å²) in [6, 6.07) is 7.80. The molecule has 0 saturated carbocycles. The second-order valence-electron chi connectivity index (χ2n) is 4.22. The summed E-state index contributed by atoms with van der Waals surface area (Å²) < 4.78 is 5.82. The van der Waals surface area contributed by atoms with E-state index in [4.69, 9.17) is 4.74 Å². The summed E-state index contributed by atoms with van der Waals surface area (Å²) in [6.45, 7) is 6.02. The minimum Gasteiger partial charge on any atom is -0.439 e. The molecule has 0 radical (unpaired) electrons. The molecule has 0 atom stereocenters. The largest absolute Gasteiger partial charge is 0.439 e. The normalized spacial score (nSPS) is 10.2. The van der Waals surface area contributed by atoms with Gasteiger partial charge < -0.3 is 10.1 Å². The molecule has 1 N–H and O–H groups in total. The molecule has 0 spiro atoms. The molecule has 0 aliphatic rings. The van der Waals surface area contributed by atoms with Gasteiger partial charge in [-0.05, 0) is 38.0 Å². The first-order valence-corrected chi connectivity index (χ1v) is 5.87. The number of aryl methyl sites for hydroxylation is 2. The van der Waals surface area contributed by atoms with Crippen LogP contribution in [0.3, 0.4) is 0 Å². The van der Waals surface area contributed by atoms with Crippen LogP contribution in [-0.4, -0.2) is 17.0 Å². The number of aromatic nitrogens is 2. The van der Waals surface area contributed by atoms with Crippen LogP contribution in [0.4, 0.5) is 5.95 Å². The van der Waals surface area contributed by atoms with E-state index in [-0.39, 0.29) is 0 Å². The lowest BCUT2D eigenvalue weighted by Crippen LogP contribution is -2.00. The smallest absolute Gasteiger partial charge is 0.225 e. The zero-order valence-electron chi connectivity index (χ0n) is 11.1. The zero-order chi connectivity index (χ0) is 13.1. The third-order valence-corrected chi connectivity index (χ3v) is 2.82. The molecule has 0 bridgehead atoms. The Labute approximate surface area is 107 Å². The third-order valence-electron chi connectivity index (χ3n) is 2.82. The van der Waals surface area contributed by atoms with Crippen LogP contribution >= 0.6 is 0 Å². The number of nitrogens with one attached hydrogen (secondary N) is 1. The summed E-state index contributed by atoms with van der Waals surface area (Å²) in [6.07, 6.45) is 0. The quantitative estimate of drug-likeness (QED) is 0.899. The fourth-order valence-electron chi connectivity index (χ4n) is 1.65. The first kappa shape index (κ1) is 12.4. The van der Waals surface area contributed by atoms with Gasteiger partial charge in [0.25, 0.3) is 0 Å². The SMILES string of the molecule is CNc1nc(C)cc(Oc2cccc(C)c2C)n1. The molecular weight excluding hydrogens is 226 g/mol. The molecule has 0 saturated heterocycles. The van der Waals surface area contributed by atoms with E-state index in [1.807, 2.05) is 32.0 Å². The molecule has 0 aliphatic heterocycles. The van der Waals surface area contributed by atoms with Gasteiger partial charge in [-0.25, -0.2) is 4.98 Å². The van der Waals surface area contributed by atoms with Gasteiger partial charge in [-0.1, -0.05) is 12.1 Å². The predicted octanol–water partition coefficient (Wildman–Crippen LogP) is 3.24. The summed E-state index contributed by atoms with van der Waals surface area (Å²) in [5, 5.41) is 2.92. The molecule has 0 aliphatic carbocycles. The van der Waals surface area contributed by atoms with E-state index in [9.17, 15) is 0 Å². The second-order valence-corrected chi connectivity index (χ2v) is 4.22. The fourth-order valence-corrected chi connectivity index (χ4v) is 1.65. The number of benzene rings is 1. The molecule has 18 heavy (non-hydrogen) atoms. The first-order chi connectivity index (χ1) is 8.60. The fraction of sp³-hybridized carbons (Fsp3) is 0.286. The van der Waals surface area contributed by atoms with Gasteiger partial charge in [-0.3, -0.25) is 0 Å². The number of ether oxygens (including phenoxy) is 1. The molecular formula is C14H17N3O. The van der Waals surface area contributed by atoms with E-state index in [0.29, 0.717) is 11.8 Å². The van der Waals surface area contributed by atoms with Gasteiger partial charge in [0.1, 0.15) is 5.75 Å². The molecule has 2 rings (SSSR count). The molecule has 4 nitrogen and oxygen atoms in total. The number of nitrogens with zero attached hydrogens (tertiary/aromatic N) is 2. The second kappa shape index (κ2) is 5.04. The van der Waals surface area contributed by atoms with Gasteiger partial charge in [0.2, 0.25) is 11.8 Å². The maximum atomic E-state index is 5.82.